The quantitative estimate of drug-likeness (QED) is 0.746. The second-order valence-electron chi connectivity index (χ2n) is 5.55. The lowest BCUT2D eigenvalue weighted by molar-refractivity contribution is -0.0227. The molecular weight excluding hydrogens is 248 g/mol. The molecule has 0 aromatic rings. The van der Waals surface area contributed by atoms with Crippen LogP contribution in [0.5, 0.6) is 0 Å². The molecule has 0 bridgehead atoms. The third kappa shape index (κ3) is 3.01. The lowest BCUT2D eigenvalue weighted by atomic mass is 9.89. The zero-order valence-electron chi connectivity index (χ0n) is 11.2. The fraction of sp³-hybridized carbons (Fsp3) is 0.923. The van der Waals surface area contributed by atoms with Crippen molar-refractivity contribution in [3.63, 3.8) is 0 Å². The fourth-order valence-corrected chi connectivity index (χ4v) is 3.07. The van der Waals surface area contributed by atoms with Gasteiger partial charge in [-0.05, 0) is 25.9 Å². The number of nitrogens with one attached hydrogen (secondary N) is 1. The second-order valence-corrected chi connectivity index (χ2v) is 5.55. The Balaban J connectivity index is 1.49. The maximum atomic E-state index is 12.0. The molecule has 3 saturated heterocycles. The smallest absolute Gasteiger partial charge is 0.410 e. The van der Waals surface area contributed by atoms with Gasteiger partial charge < -0.3 is 24.4 Å². The molecule has 108 valence electrons. The van der Waals surface area contributed by atoms with Crippen molar-refractivity contribution in [2.24, 2.45) is 0 Å². The van der Waals surface area contributed by atoms with Gasteiger partial charge in [-0.15, -0.1) is 0 Å². The van der Waals surface area contributed by atoms with E-state index in [1.165, 1.54) is 0 Å². The first-order valence-electron chi connectivity index (χ1n) is 7.15. The van der Waals surface area contributed by atoms with Crippen LogP contribution in [0.25, 0.3) is 0 Å². The highest BCUT2D eigenvalue weighted by Crippen LogP contribution is 2.35. The van der Waals surface area contributed by atoms with Crippen LogP contribution in [0.2, 0.25) is 0 Å². The summed E-state index contributed by atoms with van der Waals surface area (Å²) in [6.07, 6.45) is 2.55. The Morgan fingerprint density at radius 2 is 2.00 bits per heavy atom. The van der Waals surface area contributed by atoms with Gasteiger partial charge in [-0.2, -0.15) is 0 Å². The zero-order chi connectivity index (χ0) is 13.1. The molecule has 6 nitrogen and oxygen atoms in total. The molecule has 0 saturated carbocycles. The van der Waals surface area contributed by atoms with Crippen molar-refractivity contribution in [1.82, 2.24) is 10.2 Å². The van der Waals surface area contributed by atoms with Crippen LogP contribution in [0, 0.1) is 0 Å². The summed E-state index contributed by atoms with van der Waals surface area (Å²) in [5.74, 6) is 0. The molecule has 3 heterocycles. The van der Waals surface area contributed by atoms with Crippen LogP contribution in [0.4, 0.5) is 4.79 Å². The summed E-state index contributed by atoms with van der Waals surface area (Å²) in [6, 6.07) is 0. The first kappa shape index (κ1) is 13.1. The van der Waals surface area contributed by atoms with E-state index in [2.05, 4.69) is 5.32 Å². The maximum absolute atomic E-state index is 12.0. The Labute approximate surface area is 113 Å². The highest BCUT2D eigenvalue weighted by atomic mass is 16.6. The Morgan fingerprint density at radius 1 is 1.26 bits per heavy atom. The minimum absolute atomic E-state index is 0.0544. The minimum atomic E-state index is -0.220. The summed E-state index contributed by atoms with van der Waals surface area (Å²) < 4.78 is 16.7. The normalized spacial score (nSPS) is 30.5. The first-order valence-corrected chi connectivity index (χ1v) is 7.15. The first-order chi connectivity index (χ1) is 9.27. The predicted molar refractivity (Wildman–Crippen MR) is 68.1 cm³/mol. The van der Waals surface area contributed by atoms with Gasteiger partial charge in [0.1, 0.15) is 6.10 Å². The van der Waals surface area contributed by atoms with E-state index >= 15 is 0 Å². The summed E-state index contributed by atoms with van der Waals surface area (Å²) >= 11 is 0. The van der Waals surface area contributed by atoms with Crippen LogP contribution in [0.15, 0.2) is 0 Å². The summed E-state index contributed by atoms with van der Waals surface area (Å²) in [5.41, 5.74) is -0.0544. The summed E-state index contributed by atoms with van der Waals surface area (Å²) in [7, 11) is 0. The van der Waals surface area contributed by atoms with Gasteiger partial charge in [-0.1, -0.05) is 0 Å². The van der Waals surface area contributed by atoms with E-state index in [0.717, 1.165) is 32.4 Å². The van der Waals surface area contributed by atoms with Crippen molar-refractivity contribution in [3.8, 4) is 0 Å². The molecule has 3 aliphatic rings. The van der Waals surface area contributed by atoms with E-state index in [-0.39, 0.29) is 17.8 Å². The van der Waals surface area contributed by atoms with Gasteiger partial charge in [0, 0.05) is 19.5 Å². The van der Waals surface area contributed by atoms with E-state index in [9.17, 15) is 4.79 Å². The number of carbonyl (C=O) groups is 1. The van der Waals surface area contributed by atoms with Crippen molar-refractivity contribution in [3.05, 3.63) is 0 Å². The van der Waals surface area contributed by atoms with Gasteiger partial charge in [0.25, 0.3) is 0 Å². The molecular formula is C13H22N2O4. The average molecular weight is 270 g/mol. The van der Waals surface area contributed by atoms with Gasteiger partial charge in [-0.25, -0.2) is 4.79 Å². The molecule has 3 fully saturated rings. The molecule has 0 aliphatic carbocycles. The molecule has 0 aromatic heterocycles. The number of hydrogen-bond acceptors (Lipinski definition) is 5. The van der Waals surface area contributed by atoms with Crippen LogP contribution in [0.1, 0.15) is 19.3 Å². The Morgan fingerprint density at radius 3 is 2.74 bits per heavy atom. The zero-order valence-corrected chi connectivity index (χ0v) is 11.2. The molecule has 1 spiro atoms. The van der Waals surface area contributed by atoms with Gasteiger partial charge in [-0.3, -0.25) is 0 Å². The summed E-state index contributed by atoms with van der Waals surface area (Å²) in [5, 5.41) is 3.33. The Hall–Kier alpha value is -0.850. The molecule has 1 amide bonds. The molecule has 0 aromatic carbocycles. The third-order valence-electron chi connectivity index (χ3n) is 4.23. The number of amides is 1. The lowest BCUT2D eigenvalue weighted by Gasteiger charge is -2.32. The number of morpholine rings is 1. The number of piperidine rings is 1. The second kappa shape index (κ2) is 5.64. The molecule has 1 unspecified atom stereocenters. The SMILES string of the molecule is O=C(OC1COC2(CCNCC2)C1)N1CCOCC1. The van der Waals surface area contributed by atoms with Crippen molar-refractivity contribution < 1.29 is 19.0 Å². The van der Waals surface area contributed by atoms with Crippen LogP contribution >= 0.6 is 0 Å². The van der Waals surface area contributed by atoms with Crippen molar-refractivity contribution in [2.75, 3.05) is 46.0 Å². The van der Waals surface area contributed by atoms with E-state index in [1.54, 1.807) is 4.90 Å². The van der Waals surface area contributed by atoms with Crippen molar-refractivity contribution in [2.45, 2.75) is 31.0 Å². The van der Waals surface area contributed by atoms with Crippen LogP contribution < -0.4 is 5.32 Å². The van der Waals surface area contributed by atoms with E-state index in [4.69, 9.17) is 14.2 Å². The number of nitrogens with zero attached hydrogens (tertiary/aromatic N) is 1. The largest absolute Gasteiger partial charge is 0.444 e. The number of rotatable bonds is 1. The molecule has 0 radical (unpaired) electrons. The van der Waals surface area contributed by atoms with Gasteiger partial charge in [0.15, 0.2) is 0 Å². The van der Waals surface area contributed by atoms with Gasteiger partial charge >= 0.3 is 6.09 Å². The van der Waals surface area contributed by atoms with Crippen molar-refractivity contribution >= 4 is 6.09 Å². The minimum Gasteiger partial charge on any atom is -0.444 e. The Kier molecular flexibility index (Phi) is 3.91. The fourth-order valence-electron chi connectivity index (χ4n) is 3.07. The molecule has 1 atom stereocenters. The van der Waals surface area contributed by atoms with Crippen LogP contribution in [0.3, 0.4) is 0 Å². The van der Waals surface area contributed by atoms with E-state index in [1.807, 2.05) is 0 Å². The van der Waals surface area contributed by atoms with E-state index < -0.39 is 0 Å². The number of carbonyl (C=O) groups excluding carboxylic acids is 1. The van der Waals surface area contributed by atoms with Crippen LogP contribution in [-0.2, 0) is 14.2 Å². The predicted octanol–water partition coefficient (Wildman–Crippen LogP) is 0.366. The number of ether oxygens (including phenoxy) is 3. The standard InChI is InChI=1S/C13H22N2O4/c16-12(15-5-7-17-8-6-15)19-11-9-13(18-10-11)1-3-14-4-2-13/h11,14H,1-10H2. The van der Waals surface area contributed by atoms with E-state index in [0.29, 0.717) is 32.9 Å². The van der Waals surface area contributed by atoms with Crippen molar-refractivity contribution in [1.29, 1.82) is 0 Å². The Bertz CT molecular complexity index is 325. The highest BCUT2D eigenvalue weighted by Gasteiger charge is 2.43. The molecule has 19 heavy (non-hydrogen) atoms. The topological polar surface area (TPSA) is 60.0 Å². The lowest BCUT2D eigenvalue weighted by Crippen LogP contribution is -2.43. The average Bonchev–Trinajstić information content (AvgIpc) is 2.83. The number of hydrogen-bond donors (Lipinski definition) is 1. The maximum Gasteiger partial charge on any atom is 0.410 e. The van der Waals surface area contributed by atoms with Gasteiger partial charge in [0.05, 0.1) is 25.4 Å². The molecule has 3 aliphatic heterocycles. The van der Waals surface area contributed by atoms with Crippen LogP contribution in [-0.4, -0.2) is 68.7 Å². The molecule has 6 heteroatoms. The summed E-state index contributed by atoms with van der Waals surface area (Å²) in [6.45, 7) is 4.98. The molecule has 1 N–H and O–H groups in total. The highest BCUT2D eigenvalue weighted by molar-refractivity contribution is 5.68. The summed E-state index contributed by atoms with van der Waals surface area (Å²) in [4.78, 5) is 13.7. The monoisotopic (exact) mass is 270 g/mol. The van der Waals surface area contributed by atoms with Gasteiger partial charge in [0.2, 0.25) is 0 Å². The third-order valence-corrected chi connectivity index (χ3v) is 4.23. The molecule has 3 rings (SSSR count).